The molecule has 2 aromatic rings. The predicted octanol–water partition coefficient (Wildman–Crippen LogP) is 2.67. The molecule has 1 fully saturated rings. The van der Waals surface area contributed by atoms with Crippen LogP contribution in [0.3, 0.4) is 0 Å². The van der Waals surface area contributed by atoms with E-state index in [0.29, 0.717) is 5.69 Å². The van der Waals surface area contributed by atoms with Gasteiger partial charge in [0.2, 0.25) is 11.8 Å². The highest BCUT2D eigenvalue weighted by molar-refractivity contribution is 6.05. The molecule has 0 radical (unpaired) electrons. The van der Waals surface area contributed by atoms with Gasteiger partial charge in [-0.3, -0.25) is 19.2 Å². The Labute approximate surface area is 222 Å². The molecule has 38 heavy (non-hydrogen) atoms. The third-order valence-electron chi connectivity index (χ3n) is 6.88. The Hall–Kier alpha value is -4.08. The van der Waals surface area contributed by atoms with E-state index in [2.05, 4.69) is 10.6 Å². The van der Waals surface area contributed by atoms with Gasteiger partial charge in [-0.15, -0.1) is 0 Å². The van der Waals surface area contributed by atoms with E-state index in [1.54, 1.807) is 19.1 Å². The maximum absolute atomic E-state index is 13.7. The number of nitrogens with zero attached hydrogens (tertiary/aromatic N) is 1. The van der Waals surface area contributed by atoms with Crippen LogP contribution in [0.1, 0.15) is 56.0 Å². The van der Waals surface area contributed by atoms with Gasteiger partial charge in [0.05, 0.1) is 18.2 Å². The number of ether oxygens (including phenoxy) is 1. The Bertz CT molecular complexity index is 1200. The highest BCUT2D eigenvalue weighted by Gasteiger charge is 2.39. The van der Waals surface area contributed by atoms with Crippen molar-refractivity contribution in [3.8, 4) is 5.75 Å². The van der Waals surface area contributed by atoms with Crippen molar-refractivity contribution in [2.24, 2.45) is 5.92 Å². The molecular formula is C28H36N4O6. The standard InChI is InChI=1S/C28H36N4O6/c1-5-16(3)26-21(14-25(35)38-26)30-24(34)15-32(22-10-8-7-9-17(22)4)28(37)20(6-2)31-27(36)18-11-12-23(33)19(29)13-18/h7-13,16,20-21,26,33H,5-6,14-15,29H2,1-4H3,(H,30,34)(H,31,36). The lowest BCUT2D eigenvalue weighted by molar-refractivity contribution is -0.143. The molecule has 0 bridgehead atoms. The number of carbonyl (C=O) groups is 4. The average Bonchev–Trinajstić information content (AvgIpc) is 3.26. The highest BCUT2D eigenvalue weighted by atomic mass is 16.6. The summed E-state index contributed by atoms with van der Waals surface area (Å²) < 4.78 is 5.43. The van der Waals surface area contributed by atoms with Gasteiger partial charge in [-0.1, -0.05) is 39.0 Å². The summed E-state index contributed by atoms with van der Waals surface area (Å²) in [5, 5.41) is 15.2. The number of nitrogens with two attached hydrogens (primary N) is 1. The van der Waals surface area contributed by atoms with Crippen molar-refractivity contribution in [3.63, 3.8) is 0 Å². The molecule has 0 aliphatic carbocycles. The van der Waals surface area contributed by atoms with Gasteiger partial charge in [-0.2, -0.15) is 0 Å². The van der Waals surface area contributed by atoms with Crippen LogP contribution in [-0.2, 0) is 19.1 Å². The van der Waals surface area contributed by atoms with Crippen LogP contribution in [-0.4, -0.2) is 53.5 Å². The molecule has 0 spiro atoms. The molecule has 1 saturated heterocycles. The first-order valence-electron chi connectivity index (χ1n) is 12.8. The molecule has 204 valence electrons. The number of hydrogen-bond donors (Lipinski definition) is 4. The Morgan fingerprint density at radius 2 is 1.87 bits per heavy atom. The van der Waals surface area contributed by atoms with E-state index in [1.165, 1.54) is 23.1 Å². The summed E-state index contributed by atoms with van der Waals surface area (Å²) in [7, 11) is 0. The highest BCUT2D eigenvalue weighted by Crippen LogP contribution is 2.25. The number of rotatable bonds is 10. The van der Waals surface area contributed by atoms with Crippen molar-refractivity contribution in [1.29, 1.82) is 0 Å². The smallest absolute Gasteiger partial charge is 0.308 e. The molecule has 4 atom stereocenters. The fraction of sp³-hybridized carbons (Fsp3) is 0.429. The van der Waals surface area contributed by atoms with Crippen LogP contribution in [0, 0.1) is 12.8 Å². The summed E-state index contributed by atoms with van der Waals surface area (Å²) in [6.45, 7) is 7.22. The molecule has 4 unspecified atom stereocenters. The molecule has 5 N–H and O–H groups in total. The average molecular weight is 525 g/mol. The summed E-state index contributed by atoms with van der Waals surface area (Å²) in [5.41, 5.74) is 7.25. The lowest BCUT2D eigenvalue weighted by atomic mass is 9.95. The predicted molar refractivity (Wildman–Crippen MR) is 143 cm³/mol. The van der Waals surface area contributed by atoms with E-state index in [4.69, 9.17) is 10.5 Å². The molecule has 0 aromatic heterocycles. The third kappa shape index (κ3) is 6.62. The number of phenols is 1. The van der Waals surface area contributed by atoms with E-state index in [1.807, 2.05) is 32.9 Å². The number of para-hydroxylation sites is 1. The first-order valence-corrected chi connectivity index (χ1v) is 12.8. The summed E-state index contributed by atoms with van der Waals surface area (Å²) in [5.74, 6) is -1.89. The van der Waals surface area contributed by atoms with Crippen LogP contribution in [0.25, 0.3) is 0 Å². The van der Waals surface area contributed by atoms with Crippen LogP contribution in [0.4, 0.5) is 11.4 Å². The number of benzene rings is 2. The first-order chi connectivity index (χ1) is 18.0. The lowest BCUT2D eigenvalue weighted by Crippen LogP contribution is -2.53. The van der Waals surface area contributed by atoms with Gasteiger partial charge in [-0.05, 0) is 55.5 Å². The molecule has 1 aliphatic heterocycles. The van der Waals surface area contributed by atoms with E-state index >= 15 is 0 Å². The summed E-state index contributed by atoms with van der Waals surface area (Å²) in [6.07, 6.45) is 0.688. The van der Waals surface area contributed by atoms with Gasteiger partial charge in [0.15, 0.2) is 0 Å². The minimum Gasteiger partial charge on any atom is -0.506 e. The Morgan fingerprint density at radius 1 is 1.16 bits per heavy atom. The molecular weight excluding hydrogens is 488 g/mol. The van der Waals surface area contributed by atoms with E-state index < -0.39 is 35.9 Å². The molecule has 3 amide bonds. The molecule has 10 nitrogen and oxygen atoms in total. The maximum atomic E-state index is 13.7. The van der Waals surface area contributed by atoms with Crippen molar-refractivity contribution in [2.75, 3.05) is 17.2 Å². The SMILES string of the molecule is CCC(NC(=O)c1ccc(O)c(N)c1)C(=O)N(CC(=O)NC1CC(=O)OC1C(C)CC)c1ccccc1C. The monoisotopic (exact) mass is 524 g/mol. The zero-order chi connectivity index (χ0) is 28.0. The summed E-state index contributed by atoms with van der Waals surface area (Å²) in [4.78, 5) is 53.1. The molecule has 3 rings (SSSR count). The molecule has 1 heterocycles. The van der Waals surface area contributed by atoms with Gasteiger partial charge in [0.25, 0.3) is 5.91 Å². The van der Waals surface area contributed by atoms with Gasteiger partial charge in [-0.25, -0.2) is 0 Å². The van der Waals surface area contributed by atoms with E-state index in [9.17, 15) is 24.3 Å². The van der Waals surface area contributed by atoms with E-state index in [-0.39, 0.29) is 48.3 Å². The van der Waals surface area contributed by atoms with Crippen LogP contribution in [0.5, 0.6) is 5.75 Å². The molecule has 0 saturated carbocycles. The number of hydrogen-bond acceptors (Lipinski definition) is 7. The minimum absolute atomic E-state index is 0.0419. The normalized spacial score (nSPS) is 18.3. The largest absolute Gasteiger partial charge is 0.506 e. The molecule has 1 aliphatic rings. The second-order valence-corrected chi connectivity index (χ2v) is 9.64. The minimum atomic E-state index is -0.936. The number of aromatic hydroxyl groups is 1. The number of nitrogen functional groups attached to an aromatic ring is 1. The summed E-state index contributed by atoms with van der Waals surface area (Å²) >= 11 is 0. The number of nitrogens with one attached hydrogen (secondary N) is 2. The second-order valence-electron chi connectivity index (χ2n) is 9.64. The quantitative estimate of drug-likeness (QED) is 0.212. The number of anilines is 2. The van der Waals surface area contributed by atoms with Crippen molar-refractivity contribution < 1.29 is 29.0 Å². The molecule has 10 heteroatoms. The Morgan fingerprint density at radius 3 is 2.50 bits per heavy atom. The number of cyclic esters (lactones) is 1. The number of aryl methyl sites for hydroxylation is 1. The van der Waals surface area contributed by atoms with Crippen LogP contribution in [0.15, 0.2) is 42.5 Å². The fourth-order valence-electron chi connectivity index (χ4n) is 4.46. The van der Waals surface area contributed by atoms with Crippen LogP contribution >= 0.6 is 0 Å². The molecule has 2 aromatic carbocycles. The summed E-state index contributed by atoms with van der Waals surface area (Å²) in [6, 6.07) is 9.77. The first kappa shape index (κ1) is 28.5. The topological polar surface area (TPSA) is 151 Å². The van der Waals surface area contributed by atoms with Crippen molar-refractivity contribution >= 4 is 35.1 Å². The van der Waals surface area contributed by atoms with Gasteiger partial charge < -0.3 is 31.1 Å². The maximum Gasteiger partial charge on any atom is 0.308 e. The lowest BCUT2D eigenvalue weighted by Gasteiger charge is -2.29. The Balaban J connectivity index is 1.82. The van der Waals surface area contributed by atoms with Gasteiger partial charge in [0.1, 0.15) is 24.4 Å². The number of amides is 3. The zero-order valence-corrected chi connectivity index (χ0v) is 22.2. The zero-order valence-electron chi connectivity index (χ0n) is 22.2. The second kappa shape index (κ2) is 12.4. The van der Waals surface area contributed by atoms with Crippen molar-refractivity contribution in [1.82, 2.24) is 10.6 Å². The fourth-order valence-corrected chi connectivity index (χ4v) is 4.46. The van der Waals surface area contributed by atoms with Crippen LogP contribution < -0.4 is 21.3 Å². The number of esters is 1. The van der Waals surface area contributed by atoms with Crippen molar-refractivity contribution in [2.45, 2.75) is 65.1 Å². The number of carbonyl (C=O) groups excluding carboxylic acids is 4. The third-order valence-corrected chi connectivity index (χ3v) is 6.88. The van der Waals surface area contributed by atoms with Crippen LogP contribution in [0.2, 0.25) is 0 Å². The van der Waals surface area contributed by atoms with E-state index in [0.717, 1.165) is 12.0 Å². The van der Waals surface area contributed by atoms with Crippen molar-refractivity contribution in [3.05, 3.63) is 53.6 Å². The van der Waals surface area contributed by atoms with Gasteiger partial charge in [0, 0.05) is 11.3 Å². The van der Waals surface area contributed by atoms with Gasteiger partial charge >= 0.3 is 5.97 Å². The number of phenolic OH excluding ortho intramolecular Hbond substituents is 1. The Kier molecular flexibility index (Phi) is 9.33.